The maximum Gasteiger partial charge on any atom is 0.0467 e. The van der Waals surface area contributed by atoms with Gasteiger partial charge < -0.3 is 9.80 Å². The number of para-hydroxylation sites is 3. The zero-order valence-electron chi connectivity index (χ0n) is 32.0. The summed E-state index contributed by atoms with van der Waals surface area (Å²) in [6, 6.07) is 46.8. The number of fused-ring (bicyclic) bond motifs is 6. The highest BCUT2D eigenvalue weighted by Crippen LogP contribution is 2.58. The summed E-state index contributed by atoms with van der Waals surface area (Å²) in [5.74, 6) is 0. The molecule has 6 aromatic carbocycles. The van der Waals surface area contributed by atoms with Gasteiger partial charge in [0.2, 0.25) is 0 Å². The van der Waals surface area contributed by atoms with Crippen LogP contribution in [0.15, 0.2) is 164 Å². The second-order valence-corrected chi connectivity index (χ2v) is 15.6. The molecule has 0 spiro atoms. The number of anilines is 5. The highest BCUT2D eigenvalue weighted by molar-refractivity contribution is 5.94. The Morgan fingerprint density at radius 2 is 0.962 bits per heavy atom. The van der Waals surface area contributed by atoms with E-state index in [2.05, 4.69) is 210 Å². The van der Waals surface area contributed by atoms with E-state index in [1.807, 2.05) is 6.08 Å². The van der Waals surface area contributed by atoms with Gasteiger partial charge in [-0.25, -0.2) is 0 Å². The quantitative estimate of drug-likeness (QED) is 0.147. The van der Waals surface area contributed by atoms with Crippen LogP contribution in [0.25, 0.3) is 22.3 Å². The molecule has 0 N–H and O–H groups in total. The molecular formula is C51H48N2. The standard InChI is InChI=1S/C51H48N2/c1-9-20-36(21-10-2)52(37-22-14-11-15-23-37)40-28-34(3)48-42-32-45-43(33-44(42)50(5,6)46(48)30-40)49-35(4)29-41(31-47(49)51(45,7)8)53(38-24-16-12-17-25-38)39-26-18-13-19-27-39/h9-33H,1H2,2-8H3/b21-10-,36-20+. The third-order valence-corrected chi connectivity index (χ3v) is 11.5. The maximum atomic E-state index is 4.04. The van der Waals surface area contributed by atoms with Crippen LogP contribution in [0.1, 0.15) is 68.0 Å². The van der Waals surface area contributed by atoms with Crippen LogP contribution in [0.4, 0.5) is 28.4 Å². The van der Waals surface area contributed by atoms with Gasteiger partial charge in [0.1, 0.15) is 0 Å². The Balaban J connectivity index is 1.28. The molecule has 0 aliphatic heterocycles. The van der Waals surface area contributed by atoms with E-state index in [1.54, 1.807) is 0 Å². The van der Waals surface area contributed by atoms with Gasteiger partial charge in [-0.1, -0.05) is 101 Å². The lowest BCUT2D eigenvalue weighted by molar-refractivity contribution is 0.652. The van der Waals surface area contributed by atoms with Crippen molar-refractivity contribution in [3.8, 4) is 22.3 Å². The molecule has 2 aliphatic rings. The molecular weight excluding hydrogens is 641 g/mol. The molecule has 0 unspecified atom stereocenters. The van der Waals surface area contributed by atoms with Crippen molar-refractivity contribution < 1.29 is 0 Å². The van der Waals surface area contributed by atoms with Gasteiger partial charge in [-0.3, -0.25) is 0 Å². The largest absolute Gasteiger partial charge is 0.310 e. The van der Waals surface area contributed by atoms with Gasteiger partial charge >= 0.3 is 0 Å². The second kappa shape index (κ2) is 13.0. The minimum atomic E-state index is -0.191. The first-order valence-corrected chi connectivity index (χ1v) is 18.8. The van der Waals surface area contributed by atoms with Crippen LogP contribution in [-0.2, 0) is 10.8 Å². The Labute approximate surface area is 316 Å². The number of aryl methyl sites for hydroxylation is 2. The number of allylic oxidation sites excluding steroid dienone is 4. The fourth-order valence-corrected chi connectivity index (χ4v) is 8.95. The van der Waals surface area contributed by atoms with E-state index in [9.17, 15) is 0 Å². The van der Waals surface area contributed by atoms with Gasteiger partial charge in [-0.15, -0.1) is 0 Å². The minimum absolute atomic E-state index is 0.179. The molecule has 0 saturated carbocycles. The van der Waals surface area contributed by atoms with Crippen LogP contribution in [0.2, 0.25) is 0 Å². The molecule has 0 amide bonds. The van der Waals surface area contributed by atoms with Crippen LogP contribution in [-0.4, -0.2) is 0 Å². The number of benzene rings is 6. The smallest absolute Gasteiger partial charge is 0.0467 e. The predicted molar refractivity (Wildman–Crippen MR) is 227 cm³/mol. The monoisotopic (exact) mass is 688 g/mol. The summed E-state index contributed by atoms with van der Waals surface area (Å²) in [7, 11) is 0. The third-order valence-electron chi connectivity index (χ3n) is 11.5. The zero-order valence-corrected chi connectivity index (χ0v) is 32.0. The topological polar surface area (TPSA) is 6.48 Å². The molecule has 0 fully saturated rings. The van der Waals surface area contributed by atoms with Crippen molar-refractivity contribution in [2.45, 2.75) is 59.3 Å². The van der Waals surface area contributed by atoms with Crippen molar-refractivity contribution in [2.75, 3.05) is 9.80 Å². The zero-order chi connectivity index (χ0) is 37.1. The predicted octanol–water partition coefficient (Wildman–Crippen LogP) is 14.2. The SMILES string of the molecule is C=C/C=C(\C=C/C)N(c1ccccc1)c1cc(C)c2c(c1)C(C)(C)c1cc3c(cc1-2)C(C)(C)c1cc(N(c2ccccc2)c2ccccc2)cc(C)c1-3. The van der Waals surface area contributed by atoms with Crippen molar-refractivity contribution in [1.82, 2.24) is 0 Å². The number of rotatable bonds is 8. The van der Waals surface area contributed by atoms with E-state index < -0.39 is 0 Å². The van der Waals surface area contributed by atoms with Crippen LogP contribution in [0.5, 0.6) is 0 Å². The summed E-state index contributed by atoms with van der Waals surface area (Å²) in [5, 5.41) is 0. The molecule has 0 atom stereocenters. The van der Waals surface area contributed by atoms with Gasteiger partial charge in [0.05, 0.1) is 0 Å². The molecule has 8 rings (SSSR count). The normalized spacial score (nSPS) is 14.7. The highest BCUT2D eigenvalue weighted by atomic mass is 15.1. The van der Waals surface area contributed by atoms with E-state index >= 15 is 0 Å². The van der Waals surface area contributed by atoms with Gasteiger partial charge in [0.25, 0.3) is 0 Å². The molecule has 2 aliphatic carbocycles. The van der Waals surface area contributed by atoms with Crippen molar-refractivity contribution in [2.24, 2.45) is 0 Å². The van der Waals surface area contributed by atoms with E-state index in [0.29, 0.717) is 0 Å². The molecule has 0 aromatic heterocycles. The van der Waals surface area contributed by atoms with E-state index in [-0.39, 0.29) is 10.8 Å². The Morgan fingerprint density at radius 3 is 1.42 bits per heavy atom. The van der Waals surface area contributed by atoms with Crippen LogP contribution >= 0.6 is 0 Å². The molecule has 0 bridgehead atoms. The Hall–Kier alpha value is -5.86. The van der Waals surface area contributed by atoms with Crippen molar-refractivity contribution in [3.05, 3.63) is 197 Å². The molecule has 262 valence electrons. The molecule has 2 heteroatoms. The van der Waals surface area contributed by atoms with Crippen molar-refractivity contribution >= 4 is 28.4 Å². The fourth-order valence-electron chi connectivity index (χ4n) is 8.95. The third kappa shape index (κ3) is 5.47. The summed E-state index contributed by atoms with van der Waals surface area (Å²) in [6.07, 6.45) is 8.22. The first kappa shape index (κ1) is 34.2. The Kier molecular flexibility index (Phi) is 8.38. The lowest BCUT2D eigenvalue weighted by Gasteiger charge is -2.29. The van der Waals surface area contributed by atoms with Crippen LogP contribution in [0, 0.1) is 13.8 Å². The minimum Gasteiger partial charge on any atom is -0.310 e. The van der Waals surface area contributed by atoms with Crippen molar-refractivity contribution in [1.29, 1.82) is 0 Å². The molecule has 0 saturated heterocycles. The summed E-state index contributed by atoms with van der Waals surface area (Å²) >= 11 is 0. The molecule has 0 heterocycles. The van der Waals surface area contributed by atoms with Crippen LogP contribution < -0.4 is 9.80 Å². The average molecular weight is 689 g/mol. The number of nitrogens with zero attached hydrogens (tertiary/aromatic N) is 2. The molecule has 6 aromatic rings. The van der Waals surface area contributed by atoms with E-state index in [4.69, 9.17) is 0 Å². The average Bonchev–Trinajstić information content (AvgIpc) is 3.52. The van der Waals surface area contributed by atoms with Gasteiger partial charge in [0.15, 0.2) is 0 Å². The lowest BCUT2D eigenvalue weighted by Crippen LogP contribution is -2.19. The van der Waals surface area contributed by atoms with Gasteiger partial charge in [-0.2, -0.15) is 0 Å². The first-order chi connectivity index (χ1) is 25.6. The Bertz CT molecular complexity index is 2390. The first-order valence-electron chi connectivity index (χ1n) is 18.8. The highest BCUT2D eigenvalue weighted by Gasteiger charge is 2.43. The van der Waals surface area contributed by atoms with E-state index in [1.165, 1.54) is 61.3 Å². The van der Waals surface area contributed by atoms with Gasteiger partial charge in [0, 0.05) is 45.0 Å². The second-order valence-electron chi connectivity index (χ2n) is 15.6. The summed E-state index contributed by atoms with van der Waals surface area (Å²) < 4.78 is 0. The summed E-state index contributed by atoms with van der Waals surface area (Å²) in [4.78, 5) is 4.74. The van der Waals surface area contributed by atoms with E-state index in [0.717, 1.165) is 28.4 Å². The molecule has 2 nitrogen and oxygen atoms in total. The Morgan fingerprint density at radius 1 is 0.528 bits per heavy atom. The van der Waals surface area contributed by atoms with Gasteiger partial charge in [-0.05, 0) is 161 Å². The number of hydrogen-bond donors (Lipinski definition) is 0. The van der Waals surface area contributed by atoms with Crippen LogP contribution in [0.3, 0.4) is 0 Å². The molecule has 53 heavy (non-hydrogen) atoms. The van der Waals surface area contributed by atoms with Crippen molar-refractivity contribution in [3.63, 3.8) is 0 Å². The summed E-state index contributed by atoms with van der Waals surface area (Å²) in [5.41, 5.74) is 20.1. The number of hydrogen-bond acceptors (Lipinski definition) is 2. The fraction of sp³-hybridized carbons (Fsp3) is 0.176. The lowest BCUT2D eigenvalue weighted by atomic mass is 9.79. The summed E-state index contributed by atoms with van der Waals surface area (Å²) in [6.45, 7) is 20.3. The molecule has 0 radical (unpaired) electrons. The maximum absolute atomic E-state index is 4.04.